The van der Waals surface area contributed by atoms with Gasteiger partial charge in [0.05, 0.1) is 5.57 Å². The first-order chi connectivity index (χ1) is 16.3. The maximum absolute atomic E-state index is 13.1. The quantitative estimate of drug-likeness (QED) is 0.408. The third-order valence-electron chi connectivity index (χ3n) is 7.27. The Morgan fingerprint density at radius 3 is 2.29 bits per heavy atom. The highest BCUT2D eigenvalue weighted by Crippen LogP contribution is 2.40. The minimum atomic E-state index is -4.26. The standard InChI is InChI=1S/C29H35F3N2/c1-21(2)6-15-28(24-9-7-22(8-10-24)23-16-18-33-19-17-23)34-20-4-3-5-27(34)25-11-13-26(14-12-25)29(30,31)32/h7-11,13-14,16-19,21,25,27-28H,3-6,12,15,20H2,1-2H3/t25?,27-,28+/m1/s1. The van der Waals surface area contributed by atoms with Crippen LogP contribution in [0, 0.1) is 11.8 Å². The summed E-state index contributed by atoms with van der Waals surface area (Å²) in [6.07, 6.45) is 9.83. The van der Waals surface area contributed by atoms with Crippen LogP contribution in [0.4, 0.5) is 13.2 Å². The highest BCUT2D eigenvalue weighted by atomic mass is 19.4. The molecule has 0 N–H and O–H groups in total. The molecule has 2 nitrogen and oxygen atoms in total. The third-order valence-corrected chi connectivity index (χ3v) is 7.27. The van der Waals surface area contributed by atoms with E-state index in [9.17, 15) is 13.2 Å². The number of benzene rings is 1. The van der Waals surface area contributed by atoms with E-state index in [1.807, 2.05) is 30.6 Å². The topological polar surface area (TPSA) is 16.1 Å². The van der Waals surface area contributed by atoms with Gasteiger partial charge in [0.2, 0.25) is 0 Å². The van der Waals surface area contributed by atoms with Crippen LogP contribution in [0.1, 0.15) is 64.0 Å². The van der Waals surface area contributed by atoms with Crippen LogP contribution in [0.15, 0.2) is 72.6 Å². The fourth-order valence-corrected chi connectivity index (χ4v) is 5.42. The van der Waals surface area contributed by atoms with Crippen LogP contribution in [0.25, 0.3) is 11.1 Å². The van der Waals surface area contributed by atoms with Crippen LogP contribution in [-0.4, -0.2) is 28.6 Å². The SMILES string of the molecule is CC(C)CC[C@@H](c1ccc(-c2ccncc2)cc1)N1CCCC[C@@H]1C1C=CC(C(F)(F)F)=CC1. The van der Waals surface area contributed by atoms with Crippen molar-refractivity contribution < 1.29 is 13.2 Å². The van der Waals surface area contributed by atoms with Gasteiger partial charge in [-0.2, -0.15) is 13.2 Å². The zero-order valence-electron chi connectivity index (χ0n) is 20.1. The number of rotatable bonds is 7. The lowest BCUT2D eigenvalue weighted by Crippen LogP contribution is -2.46. The van der Waals surface area contributed by atoms with Crippen LogP contribution >= 0.6 is 0 Å². The summed E-state index contributed by atoms with van der Waals surface area (Å²) < 4.78 is 39.4. The molecule has 1 aliphatic carbocycles. The number of allylic oxidation sites excluding steroid dienone is 3. The van der Waals surface area contributed by atoms with Crippen LogP contribution in [0.2, 0.25) is 0 Å². The van der Waals surface area contributed by atoms with Crippen LogP contribution in [0.3, 0.4) is 0 Å². The monoisotopic (exact) mass is 468 g/mol. The summed E-state index contributed by atoms with van der Waals surface area (Å²) >= 11 is 0. The van der Waals surface area contributed by atoms with E-state index in [2.05, 4.69) is 48.0 Å². The van der Waals surface area contributed by atoms with E-state index in [1.165, 1.54) is 23.3 Å². The molecular weight excluding hydrogens is 433 g/mol. The van der Waals surface area contributed by atoms with E-state index in [4.69, 9.17) is 0 Å². The van der Waals surface area contributed by atoms with Crippen molar-refractivity contribution in [1.82, 2.24) is 9.88 Å². The molecule has 5 heteroatoms. The van der Waals surface area contributed by atoms with Gasteiger partial charge in [0, 0.05) is 24.5 Å². The molecule has 182 valence electrons. The minimum Gasteiger partial charge on any atom is -0.293 e. The van der Waals surface area contributed by atoms with Crippen LogP contribution < -0.4 is 0 Å². The Morgan fingerprint density at radius 1 is 0.971 bits per heavy atom. The lowest BCUT2D eigenvalue weighted by Gasteiger charge is -2.45. The normalized spacial score (nSPS) is 22.6. The number of pyridine rings is 1. The molecule has 1 saturated heterocycles. The number of nitrogens with zero attached hydrogens (tertiary/aromatic N) is 2. The van der Waals surface area contributed by atoms with Gasteiger partial charge in [0.1, 0.15) is 0 Å². The first kappa shape index (κ1) is 24.7. The Morgan fingerprint density at radius 2 is 1.68 bits per heavy atom. The molecule has 2 heterocycles. The average Bonchev–Trinajstić information content (AvgIpc) is 2.85. The smallest absolute Gasteiger partial charge is 0.293 e. The minimum absolute atomic E-state index is 0.129. The van der Waals surface area contributed by atoms with Crippen LogP contribution in [0.5, 0.6) is 0 Å². The predicted octanol–water partition coefficient (Wildman–Crippen LogP) is 8.15. The molecule has 2 aromatic rings. The van der Waals surface area contributed by atoms with Gasteiger partial charge < -0.3 is 0 Å². The highest BCUT2D eigenvalue weighted by Gasteiger charge is 2.37. The highest BCUT2D eigenvalue weighted by molar-refractivity contribution is 5.63. The molecule has 1 unspecified atom stereocenters. The molecule has 0 saturated carbocycles. The summed E-state index contributed by atoms with van der Waals surface area (Å²) in [5, 5.41) is 0. The van der Waals surface area contributed by atoms with Crippen molar-refractivity contribution in [3.8, 4) is 11.1 Å². The van der Waals surface area contributed by atoms with Gasteiger partial charge in [-0.3, -0.25) is 9.88 Å². The first-order valence-corrected chi connectivity index (χ1v) is 12.5. The van der Waals surface area contributed by atoms with E-state index in [0.717, 1.165) is 44.2 Å². The van der Waals surface area contributed by atoms with Gasteiger partial charge in [-0.25, -0.2) is 0 Å². The molecule has 3 atom stereocenters. The second-order valence-electron chi connectivity index (χ2n) is 10.1. The molecule has 34 heavy (non-hydrogen) atoms. The summed E-state index contributed by atoms with van der Waals surface area (Å²) in [4.78, 5) is 6.72. The number of hydrogen-bond acceptors (Lipinski definition) is 2. The zero-order valence-corrected chi connectivity index (χ0v) is 20.1. The molecule has 1 aliphatic heterocycles. The van der Waals surface area contributed by atoms with Crippen molar-refractivity contribution in [2.75, 3.05) is 6.54 Å². The van der Waals surface area contributed by atoms with Crippen LogP contribution in [-0.2, 0) is 0 Å². The summed E-state index contributed by atoms with van der Waals surface area (Å²) in [5.41, 5.74) is 3.12. The Bertz CT molecular complexity index is 977. The Labute approximate surface area is 201 Å². The second kappa shape index (κ2) is 10.9. The third kappa shape index (κ3) is 5.99. The largest absolute Gasteiger partial charge is 0.416 e. The summed E-state index contributed by atoms with van der Waals surface area (Å²) in [7, 11) is 0. The molecular formula is C29H35F3N2. The number of alkyl halides is 3. The van der Waals surface area contributed by atoms with E-state index >= 15 is 0 Å². The molecule has 1 aromatic heterocycles. The van der Waals surface area contributed by atoms with E-state index in [-0.39, 0.29) is 18.0 Å². The van der Waals surface area contributed by atoms with Gasteiger partial charge in [0.25, 0.3) is 0 Å². The van der Waals surface area contributed by atoms with E-state index < -0.39 is 11.7 Å². The van der Waals surface area contributed by atoms with Gasteiger partial charge in [-0.05, 0) is 79.3 Å². The molecule has 0 bridgehead atoms. The van der Waals surface area contributed by atoms with Gasteiger partial charge in [0.15, 0.2) is 0 Å². The number of halogens is 3. The molecule has 2 aliphatic rings. The average molecular weight is 469 g/mol. The molecule has 0 spiro atoms. The second-order valence-corrected chi connectivity index (χ2v) is 10.1. The lowest BCUT2D eigenvalue weighted by molar-refractivity contribution is -0.0889. The molecule has 1 aromatic carbocycles. The van der Waals surface area contributed by atoms with Gasteiger partial charge in [-0.15, -0.1) is 0 Å². The van der Waals surface area contributed by atoms with Gasteiger partial charge in [-0.1, -0.05) is 62.8 Å². The number of aromatic nitrogens is 1. The molecule has 1 fully saturated rings. The number of likely N-dealkylation sites (tertiary alicyclic amines) is 1. The fourth-order valence-electron chi connectivity index (χ4n) is 5.42. The van der Waals surface area contributed by atoms with Crippen molar-refractivity contribution in [3.05, 3.63) is 78.2 Å². The van der Waals surface area contributed by atoms with E-state index in [1.54, 1.807) is 0 Å². The lowest BCUT2D eigenvalue weighted by atomic mass is 9.82. The Balaban J connectivity index is 1.58. The number of hydrogen-bond donors (Lipinski definition) is 0. The maximum atomic E-state index is 13.1. The first-order valence-electron chi connectivity index (χ1n) is 12.5. The van der Waals surface area contributed by atoms with Crippen molar-refractivity contribution in [3.63, 3.8) is 0 Å². The number of piperidine rings is 1. The van der Waals surface area contributed by atoms with Crippen molar-refractivity contribution in [2.45, 2.75) is 70.6 Å². The summed E-state index contributed by atoms with van der Waals surface area (Å²) in [6, 6.07) is 13.4. The van der Waals surface area contributed by atoms with Crippen molar-refractivity contribution in [1.29, 1.82) is 0 Å². The molecule has 0 amide bonds. The predicted molar refractivity (Wildman–Crippen MR) is 132 cm³/mol. The summed E-state index contributed by atoms with van der Waals surface area (Å²) in [6.45, 7) is 5.51. The van der Waals surface area contributed by atoms with E-state index in [0.29, 0.717) is 12.3 Å². The van der Waals surface area contributed by atoms with Crippen molar-refractivity contribution in [2.24, 2.45) is 11.8 Å². The Hall–Kier alpha value is -2.40. The maximum Gasteiger partial charge on any atom is 0.416 e. The van der Waals surface area contributed by atoms with Crippen molar-refractivity contribution >= 4 is 0 Å². The fraction of sp³-hybridized carbons (Fsp3) is 0.483. The summed E-state index contributed by atoms with van der Waals surface area (Å²) in [5.74, 6) is 0.734. The zero-order chi connectivity index (χ0) is 24.1. The molecule has 0 radical (unpaired) electrons. The molecule has 4 rings (SSSR count). The Kier molecular flexibility index (Phi) is 7.92. The van der Waals surface area contributed by atoms with Gasteiger partial charge >= 0.3 is 6.18 Å².